The minimum atomic E-state index is -2.49. The molecule has 16 heteroatoms. The summed E-state index contributed by atoms with van der Waals surface area (Å²) < 4.78 is 43.1. The summed E-state index contributed by atoms with van der Waals surface area (Å²) in [6, 6.07) is 36.9. The third kappa shape index (κ3) is 14.7. The summed E-state index contributed by atoms with van der Waals surface area (Å²) >= 11 is 0. The fourth-order valence-electron chi connectivity index (χ4n) is 9.38. The van der Waals surface area contributed by atoms with E-state index in [2.05, 4.69) is 49.1 Å². The molecule has 76 heavy (non-hydrogen) atoms. The zero-order valence-corrected chi connectivity index (χ0v) is 46.2. The van der Waals surface area contributed by atoms with Crippen LogP contribution < -0.4 is 20.3 Å². The molecule has 404 valence electrons. The highest BCUT2D eigenvalue weighted by Crippen LogP contribution is 2.42. The number of unbranched alkanes of at least 4 members (excludes halogenated alkanes) is 1. The molecule has 3 atom stereocenters. The van der Waals surface area contributed by atoms with Crippen molar-refractivity contribution in [3.8, 4) is 11.5 Å². The largest absolute Gasteiger partial charge is 0.487 e. The predicted octanol–water partition coefficient (Wildman–Crippen LogP) is 12.1. The van der Waals surface area contributed by atoms with Crippen LogP contribution in [0.3, 0.4) is 0 Å². The van der Waals surface area contributed by atoms with Gasteiger partial charge in [0.15, 0.2) is 8.32 Å². The van der Waals surface area contributed by atoms with Crippen LogP contribution in [0.25, 0.3) is 10.9 Å². The van der Waals surface area contributed by atoms with Gasteiger partial charge in [0.05, 0.1) is 30.8 Å². The molecule has 3 saturated heterocycles. The van der Waals surface area contributed by atoms with E-state index in [0.29, 0.717) is 48.1 Å². The second-order valence-corrected chi connectivity index (χ2v) is 27.1. The van der Waals surface area contributed by atoms with Crippen LogP contribution in [0.1, 0.15) is 118 Å². The van der Waals surface area contributed by atoms with Gasteiger partial charge in [0.25, 0.3) is 0 Å². The number of benzene rings is 4. The first-order valence-corrected chi connectivity index (χ1v) is 29.4. The van der Waals surface area contributed by atoms with Gasteiger partial charge in [-0.25, -0.2) is 14.4 Å². The number of hydrogen-bond donors (Lipinski definition) is 2. The van der Waals surface area contributed by atoms with Gasteiger partial charge in [-0.2, -0.15) is 0 Å². The highest BCUT2D eigenvalue weighted by molar-refractivity contribution is 6.74. The van der Waals surface area contributed by atoms with Crippen molar-refractivity contribution in [2.75, 3.05) is 39.3 Å². The molecule has 0 unspecified atom stereocenters. The van der Waals surface area contributed by atoms with Crippen molar-refractivity contribution in [3.63, 3.8) is 0 Å². The van der Waals surface area contributed by atoms with Gasteiger partial charge in [-0.3, -0.25) is 9.69 Å². The standard InChI is InChI=1S/C60H74N4O11Si/c1-59(2,3)74-58(68)64(38-52(75-76(7,8)60(4,5)6)47-25-28-49(55-48(47)26-29-53(65)61-55)71-39-41-18-11-9-12-19-41)32-15-16-35-69-56(66)50-27-24-46(72-50)40-70-45-23-17-22-44(36-45)54(43-20-13-10-14-21-43)62-57(67)73-51-37-63-33-30-42(51)31-34-63/h9-14,17-29,36,42,51-52,54H,15-16,30-35,37-40H2,1-8H3,(H,61,65)(H,62,67)/t51-,52-,54-/m0/s1. The van der Waals surface area contributed by atoms with Crippen LogP contribution in [0.2, 0.25) is 18.1 Å². The van der Waals surface area contributed by atoms with Crippen LogP contribution in [0.15, 0.2) is 131 Å². The fraction of sp³-hybridized carbons (Fsp3) is 0.433. The lowest BCUT2D eigenvalue weighted by molar-refractivity contribution is -0.0336. The second-order valence-electron chi connectivity index (χ2n) is 22.4. The monoisotopic (exact) mass is 1050 g/mol. The molecule has 4 aromatic carbocycles. The zero-order valence-electron chi connectivity index (χ0n) is 45.2. The third-order valence-electron chi connectivity index (χ3n) is 14.5. The highest BCUT2D eigenvalue weighted by Gasteiger charge is 2.41. The normalized spacial score (nSPS) is 17.3. The van der Waals surface area contributed by atoms with Crippen LogP contribution in [0.4, 0.5) is 9.59 Å². The van der Waals surface area contributed by atoms with Gasteiger partial charge in [0.1, 0.15) is 42.2 Å². The number of furan rings is 1. The molecular weight excluding hydrogens is 981 g/mol. The van der Waals surface area contributed by atoms with E-state index in [0.717, 1.165) is 60.1 Å². The molecule has 6 aromatic rings. The van der Waals surface area contributed by atoms with Gasteiger partial charge in [0, 0.05) is 24.5 Å². The number of piperidine rings is 3. The molecule has 0 spiro atoms. The first-order valence-electron chi connectivity index (χ1n) is 26.5. The Labute approximate surface area is 447 Å². The van der Waals surface area contributed by atoms with Crippen molar-refractivity contribution < 1.29 is 46.9 Å². The number of nitrogens with one attached hydrogen (secondary N) is 2. The zero-order chi connectivity index (χ0) is 54.0. The van der Waals surface area contributed by atoms with Gasteiger partial charge in [-0.05, 0) is 142 Å². The number of pyridine rings is 1. The lowest BCUT2D eigenvalue weighted by Gasteiger charge is -2.43. The van der Waals surface area contributed by atoms with Crippen molar-refractivity contribution >= 4 is 37.4 Å². The molecule has 2 bridgehead atoms. The van der Waals surface area contributed by atoms with Crippen molar-refractivity contribution in [1.29, 1.82) is 0 Å². The number of carbonyl (C=O) groups excluding carboxylic acids is 3. The summed E-state index contributed by atoms with van der Waals surface area (Å²) in [4.78, 5) is 60.5. The maximum Gasteiger partial charge on any atom is 0.410 e. The number of alkyl carbamates (subject to hydrolysis) is 1. The van der Waals surface area contributed by atoms with E-state index in [1.807, 2.05) is 118 Å². The maximum atomic E-state index is 14.1. The molecule has 0 aliphatic carbocycles. The Kier molecular flexibility index (Phi) is 17.8. The topological polar surface area (TPSA) is 171 Å². The van der Waals surface area contributed by atoms with E-state index in [-0.39, 0.29) is 48.8 Å². The Morgan fingerprint density at radius 2 is 1.54 bits per heavy atom. The number of ether oxygens (including phenoxy) is 5. The number of fused-ring (bicyclic) bond motifs is 4. The Hall–Kier alpha value is -6.88. The number of H-pyrrole nitrogens is 1. The maximum absolute atomic E-state index is 14.1. The van der Waals surface area contributed by atoms with E-state index < -0.39 is 44.2 Å². The minimum Gasteiger partial charge on any atom is -0.487 e. The fourth-order valence-corrected chi connectivity index (χ4v) is 10.6. The Morgan fingerprint density at radius 3 is 2.24 bits per heavy atom. The second kappa shape index (κ2) is 24.4. The summed E-state index contributed by atoms with van der Waals surface area (Å²) in [6.07, 6.45) is 1.33. The first kappa shape index (κ1) is 55.4. The smallest absolute Gasteiger partial charge is 0.410 e. The number of hydrogen-bond acceptors (Lipinski definition) is 12. The van der Waals surface area contributed by atoms with Crippen LogP contribution in [-0.2, 0) is 31.9 Å². The Morgan fingerprint density at radius 1 is 0.816 bits per heavy atom. The lowest BCUT2D eigenvalue weighted by atomic mass is 9.86. The molecular formula is C60H74N4O11Si. The number of carbonyl (C=O) groups is 3. The Balaban J connectivity index is 0.889. The minimum absolute atomic E-state index is 0.0354. The molecule has 15 nitrogen and oxygen atoms in total. The Bertz CT molecular complexity index is 2960. The van der Waals surface area contributed by atoms with Gasteiger partial charge in [-0.15, -0.1) is 0 Å². The van der Waals surface area contributed by atoms with Crippen molar-refractivity contribution in [1.82, 2.24) is 20.1 Å². The summed E-state index contributed by atoms with van der Waals surface area (Å²) in [5.41, 5.74) is 3.00. The molecule has 9 rings (SSSR count). The number of nitrogens with zero attached hydrogens (tertiary/aromatic N) is 2. The molecule has 0 radical (unpaired) electrons. The molecule has 3 fully saturated rings. The average molecular weight is 1060 g/mol. The number of aromatic nitrogens is 1. The molecule has 2 aromatic heterocycles. The van der Waals surface area contributed by atoms with Gasteiger partial charge in [-0.1, -0.05) is 99.6 Å². The van der Waals surface area contributed by atoms with Crippen LogP contribution in [-0.4, -0.2) is 92.3 Å². The predicted molar refractivity (Wildman–Crippen MR) is 294 cm³/mol. The number of rotatable bonds is 21. The quantitative estimate of drug-likeness (QED) is 0.0303. The third-order valence-corrected chi connectivity index (χ3v) is 19.0. The SMILES string of the molecule is CC(C)(C)OC(=O)N(CCCCOC(=O)c1ccc(COc2cccc([C@@H](NC(=O)O[C@H]3CN4CCC3CC4)c3ccccc3)c2)o1)C[C@H](O[Si](C)(C)C(C)(C)C)c1ccc(OCc2ccccc2)c2[nH]c(=O)ccc12. The molecule has 5 heterocycles. The lowest BCUT2D eigenvalue weighted by Crippen LogP contribution is -2.52. The average Bonchev–Trinajstić information content (AvgIpc) is 3.89. The van der Waals surface area contributed by atoms with Crippen molar-refractivity contribution in [2.45, 2.75) is 122 Å². The van der Waals surface area contributed by atoms with Crippen molar-refractivity contribution in [3.05, 3.63) is 165 Å². The number of amides is 2. The van der Waals surface area contributed by atoms with E-state index in [4.69, 9.17) is 32.5 Å². The summed E-state index contributed by atoms with van der Waals surface area (Å²) in [6.45, 7) is 20.1. The van der Waals surface area contributed by atoms with E-state index in [9.17, 15) is 19.2 Å². The molecule has 2 amide bonds. The first-order chi connectivity index (χ1) is 36.3. The molecule has 2 N–H and O–H groups in total. The van der Waals surface area contributed by atoms with Gasteiger partial charge in [0.2, 0.25) is 11.3 Å². The molecule has 3 aliphatic rings. The van der Waals surface area contributed by atoms with Gasteiger partial charge >= 0.3 is 18.2 Å². The number of esters is 1. The summed E-state index contributed by atoms with van der Waals surface area (Å²) in [5.74, 6) is 1.30. The van der Waals surface area contributed by atoms with E-state index >= 15 is 0 Å². The van der Waals surface area contributed by atoms with E-state index in [1.165, 1.54) is 6.07 Å². The summed E-state index contributed by atoms with van der Waals surface area (Å²) in [5, 5.41) is 3.69. The van der Waals surface area contributed by atoms with Crippen LogP contribution in [0.5, 0.6) is 11.5 Å². The number of aromatic amines is 1. The van der Waals surface area contributed by atoms with E-state index in [1.54, 1.807) is 23.1 Å². The summed E-state index contributed by atoms with van der Waals surface area (Å²) in [7, 11) is -2.49. The molecule has 0 saturated carbocycles. The van der Waals surface area contributed by atoms with Crippen LogP contribution >= 0.6 is 0 Å². The van der Waals surface area contributed by atoms with Gasteiger partial charge < -0.3 is 47.7 Å². The molecule has 3 aliphatic heterocycles. The highest BCUT2D eigenvalue weighted by atomic mass is 28.4. The van der Waals surface area contributed by atoms with Crippen molar-refractivity contribution in [2.24, 2.45) is 5.92 Å². The van der Waals surface area contributed by atoms with Crippen LogP contribution in [0, 0.1) is 5.92 Å².